The number of nitrogens with one attached hydrogen (secondary N) is 1. The van der Waals surface area contributed by atoms with E-state index in [4.69, 9.17) is 27.9 Å². The van der Waals surface area contributed by atoms with E-state index >= 15 is 0 Å². The van der Waals surface area contributed by atoms with Gasteiger partial charge >= 0.3 is 6.03 Å². The quantitative estimate of drug-likeness (QED) is 0.356. The molecule has 3 aromatic carbocycles. The first-order valence-electron chi connectivity index (χ1n) is 10.4. The Bertz CT molecular complexity index is 1330. The van der Waals surface area contributed by atoms with E-state index in [1.807, 2.05) is 32.0 Å². The lowest BCUT2D eigenvalue weighted by molar-refractivity contribution is -0.122. The van der Waals surface area contributed by atoms with Crippen LogP contribution in [0, 0.1) is 13.8 Å². The van der Waals surface area contributed by atoms with Gasteiger partial charge in [0.25, 0.3) is 11.8 Å². The Balaban J connectivity index is 1.56. The zero-order chi connectivity index (χ0) is 24.4. The minimum absolute atomic E-state index is 0.177. The Morgan fingerprint density at radius 1 is 0.912 bits per heavy atom. The maximum Gasteiger partial charge on any atom is 0.335 e. The van der Waals surface area contributed by atoms with Crippen molar-refractivity contribution in [1.29, 1.82) is 0 Å². The van der Waals surface area contributed by atoms with Crippen molar-refractivity contribution in [1.82, 2.24) is 5.32 Å². The number of barbiturate groups is 1. The number of hydrogen-bond donors (Lipinski definition) is 1. The zero-order valence-electron chi connectivity index (χ0n) is 18.4. The molecule has 0 unspecified atom stereocenters. The molecule has 0 aliphatic carbocycles. The fourth-order valence-electron chi connectivity index (χ4n) is 3.39. The number of nitrogens with zero attached hydrogens (tertiary/aromatic N) is 1. The molecular formula is C26H20Cl2N2O4. The van der Waals surface area contributed by atoms with Gasteiger partial charge in [-0.15, -0.1) is 0 Å². The van der Waals surface area contributed by atoms with Crippen LogP contribution in [0.15, 0.2) is 66.2 Å². The number of imide groups is 2. The summed E-state index contributed by atoms with van der Waals surface area (Å²) in [5.41, 5.74) is 3.58. The first-order chi connectivity index (χ1) is 16.2. The van der Waals surface area contributed by atoms with Crippen molar-refractivity contribution < 1.29 is 19.1 Å². The molecule has 1 heterocycles. The first kappa shape index (κ1) is 23.5. The number of halogens is 2. The molecule has 172 valence electrons. The lowest BCUT2D eigenvalue weighted by atomic mass is 10.0. The fraction of sp³-hybridized carbons (Fsp3) is 0.115. The largest absolute Gasteiger partial charge is 0.487 e. The molecule has 1 fully saturated rings. The second-order valence-electron chi connectivity index (χ2n) is 7.83. The van der Waals surface area contributed by atoms with Crippen LogP contribution >= 0.6 is 23.2 Å². The van der Waals surface area contributed by atoms with Gasteiger partial charge in [-0.3, -0.25) is 14.9 Å². The first-order valence-corrected chi connectivity index (χ1v) is 11.1. The second kappa shape index (κ2) is 9.71. The van der Waals surface area contributed by atoms with E-state index in [1.54, 1.807) is 42.5 Å². The summed E-state index contributed by atoms with van der Waals surface area (Å²) < 4.78 is 5.76. The Labute approximate surface area is 206 Å². The van der Waals surface area contributed by atoms with Crippen LogP contribution in [-0.4, -0.2) is 17.8 Å². The number of benzene rings is 3. The van der Waals surface area contributed by atoms with Gasteiger partial charge in [0.2, 0.25) is 0 Å². The highest BCUT2D eigenvalue weighted by molar-refractivity contribution is 6.39. The van der Waals surface area contributed by atoms with Gasteiger partial charge in [0.15, 0.2) is 0 Å². The number of urea groups is 1. The molecule has 0 saturated carbocycles. The minimum Gasteiger partial charge on any atom is -0.487 e. The van der Waals surface area contributed by atoms with Gasteiger partial charge in [-0.05, 0) is 78.6 Å². The van der Waals surface area contributed by atoms with Crippen LogP contribution in [0.25, 0.3) is 6.08 Å². The maximum absolute atomic E-state index is 13.1. The molecule has 8 heteroatoms. The average molecular weight is 495 g/mol. The Morgan fingerprint density at radius 2 is 1.65 bits per heavy atom. The van der Waals surface area contributed by atoms with Gasteiger partial charge in [-0.1, -0.05) is 47.5 Å². The third kappa shape index (κ3) is 4.98. The molecule has 0 aromatic heterocycles. The summed E-state index contributed by atoms with van der Waals surface area (Å²) in [6, 6.07) is 16.6. The maximum atomic E-state index is 13.1. The molecule has 0 atom stereocenters. The van der Waals surface area contributed by atoms with Crippen LogP contribution in [0.2, 0.25) is 10.0 Å². The van der Waals surface area contributed by atoms with Crippen molar-refractivity contribution in [3.05, 3.63) is 98.5 Å². The molecule has 4 amide bonds. The van der Waals surface area contributed by atoms with Gasteiger partial charge in [0, 0.05) is 5.02 Å². The van der Waals surface area contributed by atoms with E-state index < -0.39 is 17.8 Å². The van der Waals surface area contributed by atoms with Crippen LogP contribution in [0.5, 0.6) is 5.75 Å². The number of carbonyl (C=O) groups is 3. The number of anilines is 1. The number of aryl methyl sites for hydroxylation is 2. The molecule has 3 aromatic rings. The fourth-order valence-corrected chi connectivity index (χ4v) is 3.76. The number of ether oxygens (including phenoxy) is 1. The SMILES string of the molecule is Cc1ccc(N2C(=O)NC(=O)/C(=C\c3ccc(OCc4ccc(Cl)cc4)c(Cl)c3)C2=O)cc1C. The highest BCUT2D eigenvalue weighted by Gasteiger charge is 2.36. The summed E-state index contributed by atoms with van der Waals surface area (Å²) in [4.78, 5) is 38.9. The van der Waals surface area contributed by atoms with Crippen molar-refractivity contribution in [2.75, 3.05) is 4.90 Å². The molecule has 1 saturated heterocycles. The Hall–Kier alpha value is -3.61. The molecule has 6 nitrogen and oxygen atoms in total. The van der Waals surface area contributed by atoms with Crippen LogP contribution in [0.3, 0.4) is 0 Å². The van der Waals surface area contributed by atoms with Crippen molar-refractivity contribution >= 4 is 52.8 Å². The summed E-state index contributed by atoms with van der Waals surface area (Å²) in [6.45, 7) is 4.11. The highest BCUT2D eigenvalue weighted by atomic mass is 35.5. The van der Waals surface area contributed by atoms with Crippen molar-refractivity contribution in [3.8, 4) is 5.75 Å². The van der Waals surface area contributed by atoms with Gasteiger partial charge in [0.1, 0.15) is 17.9 Å². The molecule has 1 N–H and O–H groups in total. The molecule has 0 spiro atoms. The number of amides is 4. The topological polar surface area (TPSA) is 75.7 Å². The van der Waals surface area contributed by atoms with E-state index in [0.29, 0.717) is 33.7 Å². The monoisotopic (exact) mass is 494 g/mol. The summed E-state index contributed by atoms with van der Waals surface area (Å²) in [6.07, 6.45) is 1.40. The summed E-state index contributed by atoms with van der Waals surface area (Å²) >= 11 is 12.3. The van der Waals surface area contributed by atoms with Gasteiger partial charge < -0.3 is 4.74 Å². The van der Waals surface area contributed by atoms with E-state index in [1.165, 1.54) is 6.08 Å². The predicted octanol–water partition coefficient (Wildman–Crippen LogP) is 5.86. The summed E-state index contributed by atoms with van der Waals surface area (Å²) in [5.74, 6) is -1.03. The van der Waals surface area contributed by atoms with Crippen LogP contribution in [0.4, 0.5) is 10.5 Å². The molecule has 0 radical (unpaired) electrons. The third-order valence-corrected chi connectivity index (χ3v) is 5.97. The normalized spacial score (nSPS) is 15.0. The smallest absolute Gasteiger partial charge is 0.335 e. The van der Waals surface area contributed by atoms with Gasteiger partial charge in [-0.25, -0.2) is 9.69 Å². The molecule has 34 heavy (non-hydrogen) atoms. The molecule has 1 aliphatic rings. The van der Waals surface area contributed by atoms with Crippen LogP contribution in [-0.2, 0) is 16.2 Å². The number of carbonyl (C=O) groups excluding carboxylic acids is 3. The standard InChI is InChI=1S/C26H20Cl2N2O4/c1-15-3-9-20(11-16(15)2)30-25(32)21(24(31)29-26(30)33)12-18-6-10-23(22(28)13-18)34-14-17-4-7-19(27)8-5-17/h3-13H,14H2,1-2H3,(H,29,31,33)/b21-12+. The number of rotatable bonds is 5. The third-order valence-electron chi connectivity index (χ3n) is 5.42. The van der Waals surface area contributed by atoms with E-state index in [2.05, 4.69) is 5.32 Å². The predicted molar refractivity (Wildman–Crippen MR) is 132 cm³/mol. The van der Waals surface area contributed by atoms with E-state index in [-0.39, 0.29) is 5.57 Å². The zero-order valence-corrected chi connectivity index (χ0v) is 19.9. The van der Waals surface area contributed by atoms with Crippen molar-refractivity contribution in [2.24, 2.45) is 0 Å². The van der Waals surface area contributed by atoms with Crippen molar-refractivity contribution in [3.63, 3.8) is 0 Å². The summed E-state index contributed by atoms with van der Waals surface area (Å²) in [7, 11) is 0. The Morgan fingerprint density at radius 3 is 2.32 bits per heavy atom. The van der Waals surface area contributed by atoms with Gasteiger partial charge in [-0.2, -0.15) is 0 Å². The van der Waals surface area contributed by atoms with Crippen LogP contribution in [0.1, 0.15) is 22.3 Å². The Kier molecular flexibility index (Phi) is 6.72. The van der Waals surface area contributed by atoms with Crippen molar-refractivity contribution in [2.45, 2.75) is 20.5 Å². The molecular weight excluding hydrogens is 475 g/mol. The molecule has 4 rings (SSSR count). The highest BCUT2D eigenvalue weighted by Crippen LogP contribution is 2.29. The lowest BCUT2D eigenvalue weighted by Gasteiger charge is -2.26. The second-order valence-corrected chi connectivity index (χ2v) is 8.68. The van der Waals surface area contributed by atoms with E-state index in [0.717, 1.165) is 21.6 Å². The average Bonchev–Trinajstić information content (AvgIpc) is 2.79. The lowest BCUT2D eigenvalue weighted by Crippen LogP contribution is -2.54. The molecule has 1 aliphatic heterocycles. The van der Waals surface area contributed by atoms with Crippen LogP contribution < -0.4 is 15.0 Å². The summed E-state index contributed by atoms with van der Waals surface area (Å²) in [5, 5.41) is 3.17. The van der Waals surface area contributed by atoms with E-state index in [9.17, 15) is 14.4 Å². The minimum atomic E-state index is -0.792. The molecule has 0 bridgehead atoms. The number of hydrogen-bond acceptors (Lipinski definition) is 4. The van der Waals surface area contributed by atoms with Gasteiger partial charge in [0.05, 0.1) is 10.7 Å².